The zero-order valence-electron chi connectivity index (χ0n) is 19.0. The fourth-order valence-corrected chi connectivity index (χ4v) is 4.68. The molecule has 1 aromatic carbocycles. The number of phosphoric ester groups is 1. The number of aromatic nitrogens is 2. The number of aliphatic hydroxyl groups is 2. The Hall–Kier alpha value is -0.290. The first kappa shape index (κ1) is 33.7. The molecule has 5 atom stereocenters. The quantitative estimate of drug-likeness (QED) is 0.146. The van der Waals surface area contributed by atoms with E-state index >= 15 is 0 Å². The standard InChI is InChI=1S/C17H20N2O13P2.2Na/c20-11(10-4-2-1-3-5-10)8-19-13(21)6-7-18(17(19)24)16-15(23)14(22)12(31-16)9-30-34(28,29)32-33(25,26)27;;/h1-7,12,14-16,22-23H,8-9H2,(H,28,29)(H2,25,26,27);;/q;2*+1/p-2/t12-,14-,15-,16-;;/m1../s1. The SMILES string of the molecule is O=C(Cn1c(=O)ccn([C@@H]2O[C@H](COP(=O)(O)OP(=O)([O-])[O-])[C@@H](O)[C@H]2O)c1=O)c1ccccc1.[Na+].[Na+]. The first-order valence-corrected chi connectivity index (χ1v) is 12.4. The molecule has 3 N–H and O–H groups in total. The van der Waals surface area contributed by atoms with Crippen molar-refractivity contribution >= 4 is 21.4 Å². The summed E-state index contributed by atoms with van der Waals surface area (Å²) >= 11 is 0. The topological polar surface area (TPSA) is 230 Å². The number of ether oxygens (including phenoxy) is 1. The Morgan fingerprint density at radius 2 is 1.67 bits per heavy atom. The molecule has 0 spiro atoms. The summed E-state index contributed by atoms with van der Waals surface area (Å²) in [6.45, 7) is -1.65. The number of hydrogen-bond acceptors (Lipinski definition) is 12. The molecule has 19 heteroatoms. The second-order valence-electron chi connectivity index (χ2n) is 7.06. The maximum atomic E-state index is 12.8. The second kappa shape index (κ2) is 13.7. The number of nitrogens with zero attached hydrogens (tertiary/aromatic N) is 2. The molecule has 1 unspecified atom stereocenters. The number of benzene rings is 1. The van der Waals surface area contributed by atoms with Crippen molar-refractivity contribution in [2.24, 2.45) is 0 Å². The van der Waals surface area contributed by atoms with Crippen molar-refractivity contribution in [1.29, 1.82) is 0 Å². The van der Waals surface area contributed by atoms with Crippen LogP contribution in [-0.2, 0) is 29.2 Å². The minimum Gasteiger partial charge on any atom is -0.789 e. The summed E-state index contributed by atoms with van der Waals surface area (Å²) in [7, 11) is -11.3. The van der Waals surface area contributed by atoms with Gasteiger partial charge < -0.3 is 34.2 Å². The van der Waals surface area contributed by atoms with Crippen LogP contribution >= 0.6 is 15.6 Å². The Morgan fingerprint density at radius 3 is 2.25 bits per heavy atom. The Morgan fingerprint density at radius 1 is 1.06 bits per heavy atom. The van der Waals surface area contributed by atoms with Crippen LogP contribution in [-0.4, -0.2) is 54.9 Å². The first-order valence-electron chi connectivity index (χ1n) is 9.41. The van der Waals surface area contributed by atoms with Gasteiger partial charge in [0.2, 0.25) is 0 Å². The fourth-order valence-electron chi connectivity index (χ4n) is 3.14. The Balaban J connectivity index is 0.00000324. The predicted molar refractivity (Wildman–Crippen MR) is 106 cm³/mol. The van der Waals surface area contributed by atoms with Crippen molar-refractivity contribution in [3.05, 3.63) is 69.0 Å². The van der Waals surface area contributed by atoms with Gasteiger partial charge in [-0.05, 0) is 0 Å². The number of Topliss-reactive ketones (excluding diaryl/α,β-unsaturated/α-hetero) is 1. The molecule has 3 rings (SSSR count). The molecule has 1 saturated heterocycles. The summed E-state index contributed by atoms with van der Waals surface area (Å²) in [6.07, 6.45) is -5.89. The van der Waals surface area contributed by atoms with Gasteiger partial charge in [-0.3, -0.25) is 27.6 Å². The van der Waals surface area contributed by atoms with Crippen LogP contribution in [0.2, 0.25) is 0 Å². The number of phosphoric acid groups is 2. The van der Waals surface area contributed by atoms with E-state index in [-0.39, 0.29) is 64.7 Å². The van der Waals surface area contributed by atoms with E-state index in [2.05, 4.69) is 8.83 Å². The van der Waals surface area contributed by atoms with Gasteiger partial charge in [0.25, 0.3) is 5.56 Å². The molecule has 0 bridgehead atoms. The predicted octanol–water partition coefficient (Wildman–Crippen LogP) is -8.52. The molecular weight excluding hydrogens is 548 g/mol. The van der Waals surface area contributed by atoms with Gasteiger partial charge in [-0.15, -0.1) is 0 Å². The van der Waals surface area contributed by atoms with Crippen LogP contribution in [0.25, 0.3) is 0 Å². The van der Waals surface area contributed by atoms with Crippen molar-refractivity contribution in [2.45, 2.75) is 31.1 Å². The molecule has 0 radical (unpaired) electrons. The third-order valence-corrected chi connectivity index (χ3v) is 6.81. The monoisotopic (exact) mass is 566 g/mol. The normalized spacial score (nSPS) is 23.2. The molecule has 1 aliphatic heterocycles. The van der Waals surface area contributed by atoms with Gasteiger partial charge >= 0.3 is 72.6 Å². The van der Waals surface area contributed by atoms with Gasteiger partial charge in [0.1, 0.15) is 18.3 Å². The van der Waals surface area contributed by atoms with Crippen molar-refractivity contribution in [1.82, 2.24) is 9.13 Å². The second-order valence-corrected chi connectivity index (χ2v) is 9.80. The van der Waals surface area contributed by atoms with Gasteiger partial charge in [0.15, 0.2) is 12.0 Å². The van der Waals surface area contributed by atoms with Crippen molar-refractivity contribution < 1.29 is 112 Å². The summed E-state index contributed by atoms with van der Waals surface area (Å²) in [6, 6.07) is 8.75. The minimum absolute atomic E-state index is 0. The number of ketones is 1. The molecule has 2 aromatic rings. The Bertz CT molecular complexity index is 1270. The molecular formula is C17H18N2Na2O13P2. The van der Waals surface area contributed by atoms with E-state index in [1.807, 2.05) is 0 Å². The molecule has 36 heavy (non-hydrogen) atoms. The maximum absolute atomic E-state index is 12.8. The van der Waals surface area contributed by atoms with Crippen LogP contribution in [0.4, 0.5) is 0 Å². The zero-order valence-corrected chi connectivity index (χ0v) is 24.8. The summed E-state index contributed by atoms with van der Waals surface area (Å²) in [4.78, 5) is 67.7. The Kier molecular flexibility index (Phi) is 12.8. The smallest absolute Gasteiger partial charge is 0.789 e. The van der Waals surface area contributed by atoms with Gasteiger partial charge in [0.05, 0.1) is 21.0 Å². The van der Waals surface area contributed by atoms with E-state index in [9.17, 15) is 48.4 Å². The van der Waals surface area contributed by atoms with Gasteiger partial charge in [-0.25, -0.2) is 9.36 Å². The van der Waals surface area contributed by atoms with E-state index in [1.165, 1.54) is 12.1 Å². The van der Waals surface area contributed by atoms with E-state index in [0.29, 0.717) is 9.13 Å². The summed E-state index contributed by atoms with van der Waals surface area (Å²) < 4.78 is 36.3. The van der Waals surface area contributed by atoms with Crippen LogP contribution in [0.15, 0.2) is 52.2 Å². The van der Waals surface area contributed by atoms with Crippen LogP contribution < -0.4 is 80.2 Å². The summed E-state index contributed by atoms with van der Waals surface area (Å²) in [5, 5.41) is 20.4. The molecule has 1 aromatic heterocycles. The third-order valence-electron chi connectivity index (χ3n) is 4.71. The molecule has 1 fully saturated rings. The third kappa shape index (κ3) is 8.61. The molecule has 2 heterocycles. The molecule has 0 amide bonds. The zero-order chi connectivity index (χ0) is 25.3. The van der Waals surface area contributed by atoms with Crippen LogP contribution in [0.1, 0.15) is 16.6 Å². The molecule has 1 aliphatic rings. The molecule has 186 valence electrons. The molecule has 15 nitrogen and oxygen atoms in total. The van der Waals surface area contributed by atoms with Crippen LogP contribution in [0, 0.1) is 0 Å². The Labute approximate surface area is 247 Å². The van der Waals surface area contributed by atoms with E-state index in [4.69, 9.17) is 4.74 Å². The minimum atomic E-state index is -5.88. The average molecular weight is 566 g/mol. The summed E-state index contributed by atoms with van der Waals surface area (Å²) in [5.41, 5.74) is -1.65. The number of carbonyl (C=O) groups is 1. The van der Waals surface area contributed by atoms with Crippen molar-refractivity contribution in [3.8, 4) is 0 Å². The number of rotatable bonds is 9. The maximum Gasteiger partial charge on any atom is 1.00 e. The van der Waals surface area contributed by atoms with E-state index in [1.54, 1.807) is 18.2 Å². The van der Waals surface area contributed by atoms with Crippen LogP contribution in [0.5, 0.6) is 0 Å². The van der Waals surface area contributed by atoms with Gasteiger partial charge in [0, 0.05) is 17.8 Å². The van der Waals surface area contributed by atoms with Gasteiger partial charge in [-0.2, -0.15) is 0 Å². The molecule has 0 saturated carbocycles. The number of carbonyl (C=O) groups excluding carboxylic acids is 1. The fraction of sp³-hybridized carbons (Fsp3) is 0.353. The average Bonchev–Trinajstić information content (AvgIpc) is 3.02. The number of hydrogen-bond donors (Lipinski definition) is 3. The largest absolute Gasteiger partial charge is 1.00 e. The van der Waals surface area contributed by atoms with Crippen molar-refractivity contribution in [2.75, 3.05) is 6.61 Å². The van der Waals surface area contributed by atoms with E-state index in [0.717, 1.165) is 12.3 Å². The first-order chi connectivity index (χ1) is 15.8. The van der Waals surface area contributed by atoms with Crippen LogP contribution in [0.3, 0.4) is 0 Å². The molecule has 0 aliphatic carbocycles. The van der Waals surface area contributed by atoms with Crippen molar-refractivity contribution in [3.63, 3.8) is 0 Å². The van der Waals surface area contributed by atoms with Gasteiger partial charge in [-0.1, -0.05) is 30.3 Å². The van der Waals surface area contributed by atoms with E-state index < -0.39 is 70.4 Å². The number of aliphatic hydroxyl groups excluding tert-OH is 2. The summed E-state index contributed by atoms with van der Waals surface area (Å²) in [5.74, 6) is -0.551.